The molecule has 0 radical (unpaired) electrons. The fourth-order valence-corrected chi connectivity index (χ4v) is 1.58. The molecule has 1 amide bonds. The summed E-state index contributed by atoms with van der Waals surface area (Å²) in [6.45, 7) is 3.85. The summed E-state index contributed by atoms with van der Waals surface area (Å²) in [5, 5.41) is 2.50. The van der Waals surface area contributed by atoms with Crippen molar-refractivity contribution >= 4 is 27.8 Å². The molecule has 0 bridgehead atoms. The largest absolute Gasteiger partial charge is 0.465 e. The number of benzene rings is 1. The average molecular weight is 300 g/mol. The Bertz CT molecular complexity index is 432. The maximum Gasteiger partial charge on any atom is 0.325 e. The van der Waals surface area contributed by atoms with Crippen LogP contribution in [-0.2, 0) is 9.53 Å². The van der Waals surface area contributed by atoms with Gasteiger partial charge < -0.3 is 10.1 Å². The lowest BCUT2D eigenvalue weighted by molar-refractivity contribution is -0.141. The van der Waals surface area contributed by atoms with E-state index in [4.69, 9.17) is 4.74 Å². The van der Waals surface area contributed by atoms with E-state index in [1.807, 2.05) is 13.0 Å². The third kappa shape index (κ3) is 4.19. The van der Waals surface area contributed by atoms with Crippen LogP contribution in [0.4, 0.5) is 0 Å². The zero-order chi connectivity index (χ0) is 12.8. The first-order valence-electron chi connectivity index (χ1n) is 5.24. The minimum Gasteiger partial charge on any atom is -0.465 e. The van der Waals surface area contributed by atoms with Gasteiger partial charge in [0, 0.05) is 10.0 Å². The Morgan fingerprint density at radius 1 is 1.41 bits per heavy atom. The monoisotopic (exact) mass is 299 g/mol. The predicted molar refractivity (Wildman–Crippen MR) is 67.8 cm³/mol. The van der Waals surface area contributed by atoms with E-state index in [0.29, 0.717) is 12.2 Å². The van der Waals surface area contributed by atoms with E-state index >= 15 is 0 Å². The molecule has 1 aromatic rings. The van der Waals surface area contributed by atoms with Gasteiger partial charge in [-0.2, -0.15) is 0 Å². The van der Waals surface area contributed by atoms with Gasteiger partial charge in [0.25, 0.3) is 5.91 Å². The molecule has 4 nitrogen and oxygen atoms in total. The van der Waals surface area contributed by atoms with E-state index in [1.54, 1.807) is 19.1 Å². The number of nitrogens with one attached hydrogen (secondary N) is 1. The van der Waals surface area contributed by atoms with Crippen LogP contribution in [-0.4, -0.2) is 25.0 Å². The Morgan fingerprint density at radius 2 is 2.12 bits per heavy atom. The Kier molecular flexibility index (Phi) is 5.15. The summed E-state index contributed by atoms with van der Waals surface area (Å²) in [6, 6.07) is 5.26. The summed E-state index contributed by atoms with van der Waals surface area (Å²) in [4.78, 5) is 22.7. The molecule has 1 aromatic carbocycles. The van der Waals surface area contributed by atoms with E-state index in [1.165, 1.54) is 0 Å². The summed E-state index contributed by atoms with van der Waals surface area (Å²) in [6.07, 6.45) is 0. The van der Waals surface area contributed by atoms with Crippen LogP contribution >= 0.6 is 15.9 Å². The summed E-state index contributed by atoms with van der Waals surface area (Å²) < 4.78 is 5.57. The van der Waals surface area contributed by atoms with Crippen LogP contribution in [0.15, 0.2) is 22.7 Å². The number of halogens is 1. The molecule has 5 heteroatoms. The highest BCUT2D eigenvalue weighted by Crippen LogP contribution is 2.17. The molecule has 0 saturated carbocycles. The first-order chi connectivity index (χ1) is 8.04. The zero-order valence-electron chi connectivity index (χ0n) is 9.75. The number of esters is 1. The molecular formula is C12H14BrNO3. The molecule has 0 atom stereocenters. The van der Waals surface area contributed by atoms with Crippen molar-refractivity contribution in [3.8, 4) is 0 Å². The number of amides is 1. The molecule has 0 aliphatic carbocycles. The van der Waals surface area contributed by atoms with Gasteiger partial charge in [-0.05, 0) is 31.5 Å². The number of ether oxygens (including phenoxy) is 1. The number of hydrogen-bond donors (Lipinski definition) is 1. The second-order valence-corrected chi connectivity index (χ2v) is 4.31. The SMILES string of the molecule is CCOC(=O)CNC(=O)c1ccc(C)c(Br)c1. The molecule has 0 spiro atoms. The van der Waals surface area contributed by atoms with Gasteiger partial charge in [-0.15, -0.1) is 0 Å². The third-order valence-corrected chi connectivity index (χ3v) is 2.99. The van der Waals surface area contributed by atoms with Crippen molar-refractivity contribution in [1.82, 2.24) is 5.32 Å². The number of hydrogen-bond acceptors (Lipinski definition) is 3. The molecule has 0 fully saturated rings. The van der Waals surface area contributed by atoms with Crippen molar-refractivity contribution in [2.45, 2.75) is 13.8 Å². The molecule has 92 valence electrons. The van der Waals surface area contributed by atoms with Crippen LogP contribution in [0.2, 0.25) is 0 Å². The van der Waals surface area contributed by atoms with Crippen LogP contribution in [0.1, 0.15) is 22.8 Å². The molecule has 17 heavy (non-hydrogen) atoms. The molecule has 0 aromatic heterocycles. The highest BCUT2D eigenvalue weighted by atomic mass is 79.9. The predicted octanol–water partition coefficient (Wildman–Crippen LogP) is 2.05. The lowest BCUT2D eigenvalue weighted by atomic mass is 10.1. The standard InChI is InChI=1S/C12H14BrNO3/c1-3-17-11(15)7-14-12(16)9-5-4-8(2)10(13)6-9/h4-6H,3,7H2,1-2H3,(H,14,16). The highest BCUT2D eigenvalue weighted by Gasteiger charge is 2.09. The zero-order valence-corrected chi connectivity index (χ0v) is 11.3. The van der Waals surface area contributed by atoms with Gasteiger partial charge >= 0.3 is 5.97 Å². The Morgan fingerprint density at radius 3 is 2.71 bits per heavy atom. The smallest absolute Gasteiger partial charge is 0.325 e. The van der Waals surface area contributed by atoms with Crippen molar-refractivity contribution in [2.24, 2.45) is 0 Å². The van der Waals surface area contributed by atoms with Crippen molar-refractivity contribution < 1.29 is 14.3 Å². The van der Waals surface area contributed by atoms with Crippen LogP contribution < -0.4 is 5.32 Å². The molecule has 0 aliphatic rings. The molecular weight excluding hydrogens is 286 g/mol. The molecule has 0 unspecified atom stereocenters. The van der Waals surface area contributed by atoms with Crippen LogP contribution in [0.5, 0.6) is 0 Å². The Balaban J connectivity index is 2.58. The van der Waals surface area contributed by atoms with Gasteiger partial charge in [0.15, 0.2) is 0 Å². The number of rotatable bonds is 4. The lowest BCUT2D eigenvalue weighted by Gasteiger charge is -2.06. The minimum atomic E-state index is -0.438. The molecule has 0 saturated heterocycles. The first kappa shape index (κ1) is 13.7. The van der Waals surface area contributed by atoms with Gasteiger partial charge in [0.05, 0.1) is 6.61 Å². The quantitative estimate of drug-likeness (QED) is 0.866. The number of aryl methyl sites for hydroxylation is 1. The number of carbonyl (C=O) groups excluding carboxylic acids is 2. The summed E-state index contributed by atoms with van der Waals surface area (Å²) >= 11 is 3.35. The van der Waals surface area contributed by atoms with Gasteiger partial charge in [0.1, 0.15) is 6.54 Å². The third-order valence-electron chi connectivity index (χ3n) is 2.13. The van der Waals surface area contributed by atoms with E-state index in [-0.39, 0.29) is 12.5 Å². The fourth-order valence-electron chi connectivity index (χ4n) is 1.20. The van der Waals surface area contributed by atoms with Crippen molar-refractivity contribution in [3.05, 3.63) is 33.8 Å². The molecule has 0 aliphatic heterocycles. The Hall–Kier alpha value is -1.36. The molecule has 1 N–H and O–H groups in total. The summed E-state index contributed by atoms with van der Waals surface area (Å²) in [7, 11) is 0. The second kappa shape index (κ2) is 6.39. The fraction of sp³-hybridized carbons (Fsp3) is 0.333. The van der Waals surface area contributed by atoms with Crippen molar-refractivity contribution in [1.29, 1.82) is 0 Å². The maximum atomic E-state index is 11.7. The van der Waals surface area contributed by atoms with Crippen molar-refractivity contribution in [2.75, 3.05) is 13.2 Å². The summed E-state index contributed by atoms with van der Waals surface area (Å²) in [5.41, 5.74) is 1.55. The summed E-state index contributed by atoms with van der Waals surface area (Å²) in [5.74, 6) is -0.731. The molecule has 0 heterocycles. The maximum absolute atomic E-state index is 11.7. The normalized spacial score (nSPS) is 9.82. The van der Waals surface area contributed by atoms with E-state index < -0.39 is 5.97 Å². The van der Waals surface area contributed by atoms with Gasteiger partial charge in [-0.25, -0.2) is 0 Å². The van der Waals surface area contributed by atoms with Gasteiger partial charge in [-0.1, -0.05) is 22.0 Å². The van der Waals surface area contributed by atoms with E-state index in [2.05, 4.69) is 21.2 Å². The lowest BCUT2D eigenvalue weighted by Crippen LogP contribution is -2.30. The van der Waals surface area contributed by atoms with E-state index in [0.717, 1.165) is 10.0 Å². The minimum absolute atomic E-state index is 0.113. The molecule has 1 rings (SSSR count). The first-order valence-corrected chi connectivity index (χ1v) is 6.04. The second-order valence-electron chi connectivity index (χ2n) is 3.45. The van der Waals surface area contributed by atoms with Crippen LogP contribution in [0, 0.1) is 6.92 Å². The van der Waals surface area contributed by atoms with Crippen LogP contribution in [0.25, 0.3) is 0 Å². The van der Waals surface area contributed by atoms with E-state index in [9.17, 15) is 9.59 Å². The number of carbonyl (C=O) groups is 2. The van der Waals surface area contributed by atoms with Crippen LogP contribution in [0.3, 0.4) is 0 Å². The van der Waals surface area contributed by atoms with Gasteiger partial charge in [0.2, 0.25) is 0 Å². The van der Waals surface area contributed by atoms with Crippen molar-refractivity contribution in [3.63, 3.8) is 0 Å². The average Bonchev–Trinajstić information content (AvgIpc) is 2.30. The topological polar surface area (TPSA) is 55.4 Å². The van der Waals surface area contributed by atoms with Gasteiger partial charge in [-0.3, -0.25) is 9.59 Å². The highest BCUT2D eigenvalue weighted by molar-refractivity contribution is 9.10. The Labute approximate surface area is 108 Å².